The molecule has 3 rings (SSSR count). The van der Waals surface area contributed by atoms with E-state index in [0.29, 0.717) is 6.98 Å². The van der Waals surface area contributed by atoms with Gasteiger partial charge in [-0.15, -0.1) is 0 Å². The predicted molar refractivity (Wildman–Crippen MR) is 123 cm³/mol. The summed E-state index contributed by atoms with van der Waals surface area (Å²) < 4.78 is 1.57. The van der Waals surface area contributed by atoms with Crippen LogP contribution in [0.5, 0.6) is 0 Å². The molecule has 140 valence electrons. The van der Waals surface area contributed by atoms with Crippen molar-refractivity contribution >= 4 is 34.5 Å². The van der Waals surface area contributed by atoms with Gasteiger partial charge < -0.3 is 0 Å². The van der Waals surface area contributed by atoms with Crippen LogP contribution in [-0.2, 0) is 0 Å². The summed E-state index contributed by atoms with van der Waals surface area (Å²) in [5.41, 5.74) is 4.03. The van der Waals surface area contributed by atoms with Crippen molar-refractivity contribution in [2.45, 2.75) is 14.8 Å². The summed E-state index contributed by atoms with van der Waals surface area (Å²) in [6.45, 7) is 2.59. The monoisotopic (exact) mass is 466 g/mol. The summed E-state index contributed by atoms with van der Waals surface area (Å²) in [5, 5.41) is 0. The molecule has 0 atom stereocenters. The molecular weight excluding hydrogens is 434 g/mol. The Morgan fingerprint density at radius 2 is 1.30 bits per heavy atom. The van der Waals surface area contributed by atoms with Crippen LogP contribution in [0.4, 0.5) is 0 Å². The first-order valence-corrected chi connectivity index (χ1v) is 19.8. The van der Waals surface area contributed by atoms with Gasteiger partial charge in [0, 0.05) is 0 Å². The van der Waals surface area contributed by atoms with Crippen molar-refractivity contribution in [2.24, 2.45) is 0 Å². The third kappa shape index (κ3) is 5.15. The predicted octanol–water partition coefficient (Wildman–Crippen LogP) is 4.94. The Bertz CT molecular complexity index is 799. The molecule has 27 heavy (non-hydrogen) atoms. The SMILES string of the molecule is CN1CCN(C)B1C=C(C=[C](c1ccccc1)[Sn]([CH3])([CH3])[CH3])c1ccccc1. The van der Waals surface area contributed by atoms with Crippen LogP contribution in [0.25, 0.3) is 9.16 Å². The Morgan fingerprint density at radius 3 is 1.78 bits per heavy atom. The standard InChI is InChI=1S/C20H22BN2.3CH3.Sn/c1-22-15-16-23(2)21(22)17-20(19-11-7-4-8-12-19)14-13-18-9-5-3-6-10-18;;;;/h3-12,14,17H,15-16H2,1-2H3;3*1H3;. The number of hydrogen-bond donors (Lipinski definition) is 0. The van der Waals surface area contributed by atoms with E-state index in [9.17, 15) is 0 Å². The van der Waals surface area contributed by atoms with Gasteiger partial charge in [-0.1, -0.05) is 0 Å². The zero-order chi connectivity index (χ0) is 19.4. The van der Waals surface area contributed by atoms with Gasteiger partial charge in [-0.05, 0) is 0 Å². The molecule has 0 amide bonds. The van der Waals surface area contributed by atoms with Crippen LogP contribution in [-0.4, -0.2) is 62.2 Å². The zero-order valence-corrected chi connectivity index (χ0v) is 20.2. The summed E-state index contributed by atoms with van der Waals surface area (Å²) in [6, 6.07) is 21.8. The number of allylic oxidation sites excluding steroid dienone is 2. The average molecular weight is 465 g/mol. The van der Waals surface area contributed by atoms with Crippen molar-refractivity contribution in [1.29, 1.82) is 0 Å². The van der Waals surface area contributed by atoms with E-state index in [2.05, 4.69) is 111 Å². The molecule has 0 aliphatic carbocycles. The molecule has 2 aromatic carbocycles. The Morgan fingerprint density at radius 1 is 0.815 bits per heavy atom. The molecule has 2 aromatic rings. The molecule has 1 heterocycles. The number of rotatable bonds is 5. The molecule has 4 heteroatoms. The van der Waals surface area contributed by atoms with Gasteiger partial charge in [-0.3, -0.25) is 0 Å². The third-order valence-corrected chi connectivity index (χ3v) is 11.2. The second kappa shape index (κ2) is 8.81. The second-order valence-corrected chi connectivity index (χ2v) is 22.9. The fourth-order valence-corrected chi connectivity index (χ4v) is 8.32. The van der Waals surface area contributed by atoms with E-state index in [4.69, 9.17) is 0 Å². The van der Waals surface area contributed by atoms with Crippen LogP contribution in [0.1, 0.15) is 11.1 Å². The van der Waals surface area contributed by atoms with Gasteiger partial charge in [0.15, 0.2) is 0 Å². The first-order valence-electron chi connectivity index (χ1n) is 9.81. The van der Waals surface area contributed by atoms with Gasteiger partial charge in [-0.2, -0.15) is 0 Å². The first-order chi connectivity index (χ1) is 12.9. The molecule has 0 bridgehead atoms. The van der Waals surface area contributed by atoms with Crippen molar-refractivity contribution in [3.05, 3.63) is 83.8 Å². The van der Waals surface area contributed by atoms with Crippen molar-refractivity contribution in [2.75, 3.05) is 27.2 Å². The van der Waals surface area contributed by atoms with Crippen LogP contribution in [0.3, 0.4) is 0 Å². The summed E-state index contributed by atoms with van der Waals surface area (Å²) in [5.74, 6) is 2.45. The number of nitrogens with zero attached hydrogens (tertiary/aromatic N) is 2. The fourth-order valence-electron chi connectivity index (χ4n) is 3.70. The molecule has 2 nitrogen and oxygen atoms in total. The molecule has 1 aliphatic rings. The second-order valence-electron chi connectivity index (χ2n) is 8.54. The van der Waals surface area contributed by atoms with Gasteiger partial charge in [0.05, 0.1) is 0 Å². The minimum absolute atomic E-state index is 0.351. The van der Waals surface area contributed by atoms with Crippen LogP contribution in [0.2, 0.25) is 14.8 Å². The van der Waals surface area contributed by atoms with E-state index in [-0.39, 0.29) is 0 Å². The van der Waals surface area contributed by atoms with Crippen LogP contribution >= 0.6 is 0 Å². The van der Waals surface area contributed by atoms with E-state index >= 15 is 0 Å². The molecular formula is C23H31BN2Sn. The van der Waals surface area contributed by atoms with E-state index in [1.54, 1.807) is 3.59 Å². The zero-order valence-electron chi connectivity index (χ0n) is 17.3. The molecule has 1 aliphatic heterocycles. The Hall–Kier alpha value is -1.30. The van der Waals surface area contributed by atoms with Crippen molar-refractivity contribution < 1.29 is 0 Å². The maximum atomic E-state index is 2.50. The van der Waals surface area contributed by atoms with Crippen LogP contribution < -0.4 is 0 Å². The summed E-state index contributed by atoms with van der Waals surface area (Å²) >= 11 is -2.33. The molecule has 0 unspecified atom stereocenters. The van der Waals surface area contributed by atoms with Crippen molar-refractivity contribution in [1.82, 2.24) is 9.62 Å². The van der Waals surface area contributed by atoms with E-state index in [0.717, 1.165) is 13.1 Å². The average Bonchev–Trinajstić information content (AvgIpc) is 2.97. The topological polar surface area (TPSA) is 6.48 Å². The van der Waals surface area contributed by atoms with Gasteiger partial charge in [0.1, 0.15) is 0 Å². The number of benzene rings is 2. The molecule has 0 aromatic heterocycles. The Labute approximate surface area is 169 Å². The summed E-state index contributed by atoms with van der Waals surface area (Å²) in [7, 11) is 4.44. The summed E-state index contributed by atoms with van der Waals surface area (Å²) in [6.07, 6.45) is 2.49. The number of likely N-dealkylation sites (N-methyl/N-ethyl adjacent to an activating group) is 2. The quantitative estimate of drug-likeness (QED) is 0.457. The maximum absolute atomic E-state index is 2.50. The van der Waals surface area contributed by atoms with E-state index in [1.807, 2.05) is 0 Å². The fraction of sp³-hybridized carbons (Fsp3) is 0.304. The Kier molecular flexibility index (Phi) is 6.67. The first kappa shape index (κ1) is 20.4. The number of hydrogen-bond acceptors (Lipinski definition) is 2. The van der Waals surface area contributed by atoms with Crippen molar-refractivity contribution in [3.63, 3.8) is 0 Å². The van der Waals surface area contributed by atoms with Gasteiger partial charge in [-0.25, -0.2) is 0 Å². The molecule has 0 N–H and O–H groups in total. The molecule has 0 radical (unpaired) electrons. The Balaban J connectivity index is 2.13. The molecule has 1 saturated heterocycles. The third-order valence-electron chi connectivity index (χ3n) is 5.34. The normalized spacial score (nSPS) is 17.6. The molecule has 1 fully saturated rings. The van der Waals surface area contributed by atoms with Gasteiger partial charge in [0.2, 0.25) is 0 Å². The molecule has 0 saturated carbocycles. The van der Waals surface area contributed by atoms with Crippen LogP contribution in [0, 0.1) is 0 Å². The van der Waals surface area contributed by atoms with Crippen LogP contribution in [0.15, 0.2) is 72.7 Å². The molecule has 0 spiro atoms. The van der Waals surface area contributed by atoms with Gasteiger partial charge >= 0.3 is 170 Å². The van der Waals surface area contributed by atoms with Gasteiger partial charge in [0.25, 0.3) is 0 Å². The minimum atomic E-state index is -2.33. The van der Waals surface area contributed by atoms with E-state index in [1.165, 1.54) is 16.7 Å². The van der Waals surface area contributed by atoms with E-state index < -0.39 is 18.4 Å². The summed E-state index contributed by atoms with van der Waals surface area (Å²) in [4.78, 5) is 12.4. The van der Waals surface area contributed by atoms with Crippen molar-refractivity contribution in [3.8, 4) is 0 Å².